The van der Waals surface area contributed by atoms with Crippen LogP contribution in [0.25, 0.3) is 0 Å². The van der Waals surface area contributed by atoms with Crippen LogP contribution in [0, 0.1) is 17.8 Å². The summed E-state index contributed by atoms with van der Waals surface area (Å²) in [5.41, 5.74) is 4.10. The summed E-state index contributed by atoms with van der Waals surface area (Å²) < 4.78 is 12.4. The van der Waals surface area contributed by atoms with Crippen molar-refractivity contribution in [3.05, 3.63) is 35.6 Å². The Kier molecular flexibility index (Phi) is 8.89. The molecule has 3 aliphatic heterocycles. The maximum atomic E-state index is 6.77. The molecule has 0 saturated heterocycles. The Hall–Kier alpha value is -2.41. The zero-order valence-electron chi connectivity index (χ0n) is 25.9. The van der Waals surface area contributed by atoms with Gasteiger partial charge in [-0.3, -0.25) is 9.98 Å². The summed E-state index contributed by atoms with van der Waals surface area (Å²) in [7, 11) is 0. The molecular formula is C33H51N5O2. The zero-order valence-corrected chi connectivity index (χ0v) is 25.9. The lowest BCUT2D eigenvalue weighted by molar-refractivity contribution is 0.135. The minimum absolute atomic E-state index is 0.00389. The summed E-state index contributed by atoms with van der Waals surface area (Å²) in [4.78, 5) is 20.8. The van der Waals surface area contributed by atoms with Crippen LogP contribution in [0.5, 0.6) is 0 Å². The highest BCUT2D eigenvalue weighted by atomic mass is 16.5. The van der Waals surface area contributed by atoms with Crippen molar-refractivity contribution in [3.63, 3.8) is 0 Å². The molecule has 220 valence electrons. The Morgan fingerprint density at radius 3 is 2.70 bits per heavy atom. The van der Waals surface area contributed by atoms with E-state index in [9.17, 15) is 0 Å². The van der Waals surface area contributed by atoms with Crippen LogP contribution in [0.2, 0.25) is 0 Å². The number of nitrogens with zero attached hydrogens (tertiary/aromatic N) is 5. The van der Waals surface area contributed by atoms with Crippen molar-refractivity contribution in [2.75, 3.05) is 32.8 Å². The van der Waals surface area contributed by atoms with E-state index >= 15 is 0 Å². The van der Waals surface area contributed by atoms with E-state index in [1.165, 1.54) is 36.8 Å². The molecule has 1 fully saturated rings. The predicted molar refractivity (Wildman–Crippen MR) is 165 cm³/mol. The summed E-state index contributed by atoms with van der Waals surface area (Å²) in [5.74, 6) is 2.04. The number of rotatable bonds is 13. The number of amidine groups is 1. The lowest BCUT2D eigenvalue weighted by atomic mass is 9.90. The van der Waals surface area contributed by atoms with Crippen molar-refractivity contribution in [3.8, 4) is 0 Å². The lowest BCUT2D eigenvalue weighted by Gasteiger charge is -2.41. The molecule has 0 aromatic rings. The fraction of sp³-hybridized carbons (Fsp3) is 0.727. The highest BCUT2D eigenvalue weighted by molar-refractivity contribution is 6.44. The predicted octanol–water partition coefficient (Wildman–Crippen LogP) is 6.04. The van der Waals surface area contributed by atoms with Crippen LogP contribution in [0.1, 0.15) is 80.6 Å². The number of fused-ring (bicyclic) bond motifs is 2. The van der Waals surface area contributed by atoms with Gasteiger partial charge in [-0.2, -0.15) is 0 Å². The second kappa shape index (κ2) is 12.2. The van der Waals surface area contributed by atoms with Gasteiger partial charge in [0.15, 0.2) is 11.8 Å². The molecule has 7 nitrogen and oxygen atoms in total. The molecule has 2 aliphatic carbocycles. The van der Waals surface area contributed by atoms with E-state index in [2.05, 4.69) is 75.8 Å². The van der Waals surface area contributed by atoms with Crippen LogP contribution in [0.15, 0.2) is 50.6 Å². The first-order valence-corrected chi connectivity index (χ1v) is 15.9. The third-order valence-corrected chi connectivity index (χ3v) is 9.44. The van der Waals surface area contributed by atoms with E-state index in [0.717, 1.165) is 56.7 Å². The summed E-state index contributed by atoms with van der Waals surface area (Å²) in [5, 5.41) is 0. The smallest absolute Gasteiger partial charge is 0.288 e. The molecule has 0 aromatic heterocycles. The quantitative estimate of drug-likeness (QED) is 0.263. The Morgan fingerprint density at radius 2 is 2.00 bits per heavy atom. The number of hydrogen-bond donors (Lipinski definition) is 0. The lowest BCUT2D eigenvalue weighted by Crippen LogP contribution is -2.53. The minimum Gasteiger partial charge on any atom is -0.453 e. The molecule has 0 aromatic carbocycles. The molecule has 0 radical (unpaired) electrons. The first-order valence-electron chi connectivity index (χ1n) is 15.9. The molecule has 0 bridgehead atoms. The average Bonchev–Trinajstić information content (AvgIpc) is 3.53. The van der Waals surface area contributed by atoms with E-state index in [1.54, 1.807) is 0 Å². The van der Waals surface area contributed by atoms with Gasteiger partial charge in [-0.05, 0) is 82.8 Å². The van der Waals surface area contributed by atoms with Crippen molar-refractivity contribution >= 4 is 17.4 Å². The van der Waals surface area contributed by atoms with E-state index in [4.69, 9.17) is 24.5 Å². The minimum atomic E-state index is -0.378. The molecule has 7 unspecified atom stereocenters. The molecule has 5 aliphatic rings. The van der Waals surface area contributed by atoms with Crippen LogP contribution in [-0.2, 0) is 9.47 Å². The molecule has 0 N–H and O–H groups in total. The van der Waals surface area contributed by atoms with Gasteiger partial charge in [-0.1, -0.05) is 44.9 Å². The molecule has 0 spiro atoms. The summed E-state index contributed by atoms with van der Waals surface area (Å²) in [6.07, 6.45) is 15.0. The van der Waals surface area contributed by atoms with Gasteiger partial charge in [-0.25, -0.2) is 4.99 Å². The number of hydrogen-bond acceptors (Lipinski definition) is 7. The topological polar surface area (TPSA) is 62.0 Å². The Balaban J connectivity index is 1.41. The van der Waals surface area contributed by atoms with Crippen LogP contribution in [0.3, 0.4) is 0 Å². The van der Waals surface area contributed by atoms with Gasteiger partial charge >= 0.3 is 0 Å². The van der Waals surface area contributed by atoms with Crippen molar-refractivity contribution < 1.29 is 9.47 Å². The van der Waals surface area contributed by atoms with Gasteiger partial charge in [-0.15, -0.1) is 0 Å². The molecule has 7 heteroatoms. The average molecular weight is 550 g/mol. The largest absolute Gasteiger partial charge is 0.453 e. The maximum absolute atomic E-state index is 6.77. The molecular weight excluding hydrogens is 498 g/mol. The summed E-state index contributed by atoms with van der Waals surface area (Å²) in [6, 6.07) is 0.629. The molecule has 7 atom stereocenters. The van der Waals surface area contributed by atoms with Gasteiger partial charge in [0.1, 0.15) is 12.1 Å². The molecule has 3 heterocycles. The summed E-state index contributed by atoms with van der Waals surface area (Å²) in [6.45, 7) is 19.6. The second-order valence-corrected chi connectivity index (χ2v) is 12.4. The van der Waals surface area contributed by atoms with Gasteiger partial charge < -0.3 is 19.3 Å². The summed E-state index contributed by atoms with van der Waals surface area (Å²) >= 11 is 0. The van der Waals surface area contributed by atoms with Crippen LogP contribution >= 0.6 is 0 Å². The van der Waals surface area contributed by atoms with Crippen LogP contribution in [-0.4, -0.2) is 83.9 Å². The second-order valence-electron chi connectivity index (χ2n) is 12.4. The van der Waals surface area contributed by atoms with Crippen LogP contribution < -0.4 is 0 Å². The third-order valence-electron chi connectivity index (χ3n) is 9.44. The van der Waals surface area contributed by atoms with Crippen molar-refractivity contribution in [2.45, 2.75) is 104 Å². The molecule has 0 amide bonds. The Labute approximate surface area is 242 Å². The normalized spacial score (nSPS) is 32.8. The number of ether oxygens (including phenoxy) is 2. The zero-order chi connectivity index (χ0) is 28.4. The maximum Gasteiger partial charge on any atom is 0.288 e. The SMILES string of the molecule is CCCC(CC)CN1C=C(C)C2N=C(C3OC(N(CC)CCCOCC)=NC3C3=CC4CC4C=C3)C(C)=NC21C. The highest BCUT2D eigenvalue weighted by Gasteiger charge is 2.50. The first kappa shape index (κ1) is 29.1. The number of allylic oxidation sites excluding steroid dienone is 2. The first-order chi connectivity index (χ1) is 19.3. The van der Waals surface area contributed by atoms with E-state index in [-0.39, 0.29) is 23.9 Å². The molecule has 5 rings (SSSR count). The third kappa shape index (κ3) is 5.68. The van der Waals surface area contributed by atoms with Gasteiger partial charge in [0.25, 0.3) is 6.02 Å². The van der Waals surface area contributed by atoms with E-state index < -0.39 is 0 Å². The number of aliphatic imine (C=N–C) groups is 3. The Bertz CT molecular complexity index is 1120. The van der Waals surface area contributed by atoms with Crippen molar-refractivity contribution in [1.29, 1.82) is 0 Å². The standard InChI is InChI=1S/C33H51N5O2/c1-8-13-24(9-2)21-38-20-22(5)31-33(38,7)36-23(6)28(34-31)30-29(26-15-14-25-18-27(25)19-26)35-32(40-30)37(10-3)16-12-17-39-11-4/h14-15,19-20,24-25,27,29-31H,8-13,16-18,21H2,1-7H3. The van der Waals surface area contributed by atoms with E-state index in [0.29, 0.717) is 17.8 Å². The van der Waals surface area contributed by atoms with Gasteiger partial charge in [0.05, 0.1) is 11.4 Å². The van der Waals surface area contributed by atoms with Gasteiger partial charge in [0, 0.05) is 39.0 Å². The highest BCUT2D eigenvalue weighted by Crippen LogP contribution is 2.46. The fourth-order valence-electron chi connectivity index (χ4n) is 6.92. The molecule has 40 heavy (non-hydrogen) atoms. The van der Waals surface area contributed by atoms with Crippen LogP contribution in [0.4, 0.5) is 0 Å². The van der Waals surface area contributed by atoms with E-state index in [1.807, 2.05) is 6.92 Å². The fourth-order valence-corrected chi connectivity index (χ4v) is 6.92. The van der Waals surface area contributed by atoms with Crippen molar-refractivity contribution in [1.82, 2.24) is 9.80 Å². The van der Waals surface area contributed by atoms with Gasteiger partial charge in [0.2, 0.25) is 0 Å². The van der Waals surface area contributed by atoms with Crippen molar-refractivity contribution in [2.24, 2.45) is 32.7 Å². The molecule has 1 saturated carbocycles. The monoisotopic (exact) mass is 549 g/mol. The Morgan fingerprint density at radius 1 is 1.18 bits per heavy atom.